The van der Waals surface area contributed by atoms with Gasteiger partial charge in [0.1, 0.15) is 0 Å². The van der Waals surface area contributed by atoms with Crippen LogP contribution in [0, 0.1) is 5.92 Å². The predicted molar refractivity (Wildman–Crippen MR) is 63.4 cm³/mol. The molecule has 1 aromatic carbocycles. The quantitative estimate of drug-likeness (QED) is 0.853. The number of hydrogen-bond donors (Lipinski definition) is 1. The van der Waals surface area contributed by atoms with Crippen LogP contribution >= 0.6 is 23.2 Å². The maximum atomic E-state index is 10.3. The fraction of sp³-hybridized carbons (Fsp3) is 0.500. The third-order valence-electron chi connectivity index (χ3n) is 3.13. The first-order valence-corrected chi connectivity index (χ1v) is 6.01. The van der Waals surface area contributed by atoms with E-state index in [1.807, 2.05) is 6.07 Å². The molecule has 2 atom stereocenters. The summed E-state index contributed by atoms with van der Waals surface area (Å²) in [7, 11) is 0. The molecule has 0 heterocycles. The molecule has 0 aromatic heterocycles. The Bertz CT molecular complexity index is 378. The van der Waals surface area contributed by atoms with Crippen molar-refractivity contribution in [2.75, 3.05) is 0 Å². The number of aliphatic hydroxyl groups is 1. The lowest BCUT2D eigenvalue weighted by molar-refractivity contribution is 0.129. The van der Waals surface area contributed by atoms with Crippen LogP contribution in [-0.2, 0) is 5.60 Å². The van der Waals surface area contributed by atoms with Gasteiger partial charge >= 0.3 is 0 Å². The highest BCUT2D eigenvalue weighted by Crippen LogP contribution is 2.54. The van der Waals surface area contributed by atoms with Gasteiger partial charge in [-0.25, -0.2) is 0 Å². The molecule has 2 unspecified atom stereocenters. The maximum Gasteiger partial charge on any atom is 0.0930 e. The third kappa shape index (κ3) is 2.01. The number of halogens is 2. The molecular formula is C12H14Cl2O. The van der Waals surface area contributed by atoms with Crippen molar-refractivity contribution < 1.29 is 5.11 Å². The SMILES string of the molecule is CCCC1CC1(O)c1ccc(Cl)c(Cl)c1. The molecule has 0 saturated heterocycles. The van der Waals surface area contributed by atoms with Gasteiger partial charge in [0.15, 0.2) is 0 Å². The van der Waals surface area contributed by atoms with E-state index in [1.165, 1.54) is 0 Å². The zero-order valence-electron chi connectivity index (χ0n) is 8.63. The fourth-order valence-corrected chi connectivity index (χ4v) is 2.42. The summed E-state index contributed by atoms with van der Waals surface area (Å²) in [5.74, 6) is 0.389. The van der Waals surface area contributed by atoms with Crippen molar-refractivity contribution in [2.45, 2.75) is 31.8 Å². The zero-order chi connectivity index (χ0) is 11.1. The molecule has 1 aliphatic rings. The molecular weight excluding hydrogens is 231 g/mol. The fourth-order valence-electron chi connectivity index (χ4n) is 2.12. The second-order valence-corrected chi connectivity index (χ2v) is 5.06. The number of benzene rings is 1. The normalized spacial score (nSPS) is 29.2. The van der Waals surface area contributed by atoms with Crippen molar-refractivity contribution in [3.05, 3.63) is 33.8 Å². The molecule has 1 fully saturated rings. The van der Waals surface area contributed by atoms with Gasteiger partial charge in [-0.2, -0.15) is 0 Å². The van der Waals surface area contributed by atoms with Gasteiger partial charge in [0.25, 0.3) is 0 Å². The largest absolute Gasteiger partial charge is 0.385 e. The van der Waals surface area contributed by atoms with Crippen LogP contribution in [0.2, 0.25) is 10.0 Å². The van der Waals surface area contributed by atoms with Crippen molar-refractivity contribution in [1.29, 1.82) is 0 Å². The molecule has 2 rings (SSSR count). The van der Waals surface area contributed by atoms with Gasteiger partial charge in [0.05, 0.1) is 15.6 Å². The Morgan fingerprint density at radius 3 is 2.73 bits per heavy atom. The first-order valence-electron chi connectivity index (χ1n) is 5.26. The summed E-state index contributed by atoms with van der Waals surface area (Å²) in [6.07, 6.45) is 3.02. The van der Waals surface area contributed by atoms with Crippen LogP contribution < -0.4 is 0 Å². The Labute approximate surface area is 100 Å². The standard InChI is InChI=1S/C12H14Cl2O/c1-2-3-9-7-12(9,15)8-4-5-10(13)11(14)6-8/h4-6,9,15H,2-3,7H2,1H3. The average Bonchev–Trinajstić information content (AvgIpc) is 2.84. The summed E-state index contributed by atoms with van der Waals surface area (Å²) in [5.41, 5.74) is 0.250. The van der Waals surface area contributed by atoms with Gasteiger partial charge in [0, 0.05) is 0 Å². The molecule has 1 aliphatic carbocycles. The average molecular weight is 245 g/mol. The van der Waals surface area contributed by atoms with E-state index >= 15 is 0 Å². The van der Waals surface area contributed by atoms with E-state index in [9.17, 15) is 5.11 Å². The molecule has 1 N–H and O–H groups in total. The van der Waals surface area contributed by atoms with E-state index in [2.05, 4.69) is 6.92 Å². The molecule has 0 radical (unpaired) electrons. The maximum absolute atomic E-state index is 10.3. The van der Waals surface area contributed by atoms with Gasteiger partial charge < -0.3 is 5.11 Å². The highest BCUT2D eigenvalue weighted by atomic mass is 35.5. The van der Waals surface area contributed by atoms with Crippen molar-refractivity contribution in [1.82, 2.24) is 0 Å². The van der Waals surface area contributed by atoms with Gasteiger partial charge in [0.2, 0.25) is 0 Å². The third-order valence-corrected chi connectivity index (χ3v) is 3.87. The van der Waals surface area contributed by atoms with E-state index in [1.54, 1.807) is 12.1 Å². The summed E-state index contributed by atoms with van der Waals surface area (Å²) < 4.78 is 0. The van der Waals surface area contributed by atoms with E-state index in [-0.39, 0.29) is 0 Å². The van der Waals surface area contributed by atoms with Crippen LogP contribution in [-0.4, -0.2) is 5.11 Å². The van der Waals surface area contributed by atoms with Gasteiger partial charge in [-0.3, -0.25) is 0 Å². The summed E-state index contributed by atoms with van der Waals surface area (Å²) >= 11 is 11.8. The Balaban J connectivity index is 2.21. The number of rotatable bonds is 3. The van der Waals surface area contributed by atoms with Crippen LogP contribution in [0.15, 0.2) is 18.2 Å². The molecule has 1 aromatic rings. The molecule has 3 heteroatoms. The monoisotopic (exact) mass is 244 g/mol. The minimum absolute atomic E-state index is 0.389. The molecule has 0 spiro atoms. The lowest BCUT2D eigenvalue weighted by Crippen LogP contribution is -2.08. The van der Waals surface area contributed by atoms with Crippen LogP contribution in [0.25, 0.3) is 0 Å². The summed E-state index contributed by atoms with van der Waals surface area (Å²) in [5, 5.41) is 11.4. The lowest BCUT2D eigenvalue weighted by Gasteiger charge is -2.11. The molecule has 82 valence electrons. The van der Waals surface area contributed by atoms with Gasteiger partial charge in [-0.05, 0) is 36.5 Å². The smallest absolute Gasteiger partial charge is 0.0930 e. The van der Waals surface area contributed by atoms with E-state index in [0.29, 0.717) is 16.0 Å². The molecule has 0 amide bonds. The first-order chi connectivity index (χ1) is 7.08. The van der Waals surface area contributed by atoms with Gasteiger partial charge in [-0.1, -0.05) is 42.6 Å². The van der Waals surface area contributed by atoms with E-state index in [4.69, 9.17) is 23.2 Å². The van der Waals surface area contributed by atoms with E-state index < -0.39 is 5.60 Å². The van der Waals surface area contributed by atoms with Crippen molar-refractivity contribution in [3.8, 4) is 0 Å². The van der Waals surface area contributed by atoms with Crippen molar-refractivity contribution in [3.63, 3.8) is 0 Å². The Morgan fingerprint density at radius 1 is 1.40 bits per heavy atom. The molecule has 1 saturated carbocycles. The first kappa shape index (κ1) is 11.3. The van der Waals surface area contributed by atoms with E-state index in [0.717, 1.165) is 24.8 Å². The Morgan fingerprint density at radius 2 is 2.13 bits per heavy atom. The summed E-state index contributed by atoms with van der Waals surface area (Å²) in [6, 6.07) is 5.39. The van der Waals surface area contributed by atoms with Crippen molar-refractivity contribution >= 4 is 23.2 Å². The minimum atomic E-state index is -0.649. The Kier molecular flexibility index (Phi) is 2.98. The second-order valence-electron chi connectivity index (χ2n) is 4.24. The molecule has 1 nitrogen and oxygen atoms in total. The molecule has 0 bridgehead atoms. The Hall–Kier alpha value is -0.240. The summed E-state index contributed by atoms with van der Waals surface area (Å²) in [4.78, 5) is 0. The van der Waals surface area contributed by atoms with Crippen LogP contribution in [0.1, 0.15) is 31.7 Å². The molecule has 15 heavy (non-hydrogen) atoms. The molecule has 0 aliphatic heterocycles. The van der Waals surface area contributed by atoms with Crippen LogP contribution in [0.4, 0.5) is 0 Å². The highest BCUT2D eigenvalue weighted by Gasteiger charge is 2.53. The second kappa shape index (κ2) is 3.97. The summed E-state index contributed by atoms with van der Waals surface area (Å²) in [6.45, 7) is 2.13. The lowest BCUT2D eigenvalue weighted by atomic mass is 10.0. The van der Waals surface area contributed by atoms with Crippen molar-refractivity contribution in [2.24, 2.45) is 5.92 Å². The van der Waals surface area contributed by atoms with Gasteiger partial charge in [-0.15, -0.1) is 0 Å². The predicted octanol–water partition coefficient (Wildman–Crippen LogP) is 4.00. The topological polar surface area (TPSA) is 20.2 Å². The van der Waals surface area contributed by atoms with Crippen LogP contribution in [0.3, 0.4) is 0 Å². The number of hydrogen-bond acceptors (Lipinski definition) is 1. The minimum Gasteiger partial charge on any atom is -0.385 e. The van der Waals surface area contributed by atoms with Crippen LogP contribution in [0.5, 0.6) is 0 Å². The zero-order valence-corrected chi connectivity index (χ0v) is 10.1. The highest BCUT2D eigenvalue weighted by molar-refractivity contribution is 6.42.